The van der Waals surface area contributed by atoms with Gasteiger partial charge < -0.3 is 20.3 Å². The summed E-state index contributed by atoms with van der Waals surface area (Å²) in [6.07, 6.45) is 1.76. The summed E-state index contributed by atoms with van der Waals surface area (Å²) in [7, 11) is 0. The zero-order chi connectivity index (χ0) is 27.8. The van der Waals surface area contributed by atoms with Crippen LogP contribution in [0.1, 0.15) is 59.4 Å². The van der Waals surface area contributed by atoms with Crippen molar-refractivity contribution in [2.24, 2.45) is 5.41 Å². The van der Waals surface area contributed by atoms with Crippen molar-refractivity contribution in [1.29, 1.82) is 0 Å². The highest BCUT2D eigenvalue weighted by Gasteiger charge is 2.29. The summed E-state index contributed by atoms with van der Waals surface area (Å²) in [4.78, 5) is 52.3. The number of hydrazine groups is 1. The lowest BCUT2D eigenvalue weighted by atomic mass is 9.99. The van der Waals surface area contributed by atoms with E-state index in [-0.39, 0.29) is 36.1 Å². The van der Waals surface area contributed by atoms with Crippen LogP contribution in [0.2, 0.25) is 0 Å². The number of benzene rings is 1. The second-order valence-corrected chi connectivity index (χ2v) is 10.4. The maximum Gasteiger partial charge on any atom is 0.426 e. The first kappa shape index (κ1) is 29.8. The third-order valence-corrected chi connectivity index (χ3v) is 5.73. The fourth-order valence-corrected chi connectivity index (χ4v) is 3.61. The van der Waals surface area contributed by atoms with E-state index >= 15 is 0 Å². The monoisotopic (exact) mass is 525 g/mol. The van der Waals surface area contributed by atoms with Gasteiger partial charge in [-0.2, -0.15) is 0 Å². The summed E-state index contributed by atoms with van der Waals surface area (Å²) in [6, 6.07) is 0.968. The minimum Gasteiger partial charge on any atom is -0.448 e. The Morgan fingerprint density at radius 1 is 1.19 bits per heavy atom. The molecule has 5 amide bonds. The number of rotatable bonds is 7. The topological polar surface area (TPSA) is 120 Å². The second-order valence-electron chi connectivity index (χ2n) is 10.4. The summed E-state index contributed by atoms with van der Waals surface area (Å²) in [5, 5.41) is 5.65. The van der Waals surface area contributed by atoms with Crippen molar-refractivity contribution in [3.63, 3.8) is 0 Å². The molecule has 3 N–H and O–H groups in total. The van der Waals surface area contributed by atoms with Gasteiger partial charge in [0, 0.05) is 30.8 Å². The standard InChI is InChI=1S/C25H37F2N5O5/c1-16-8-6-7-11-31(16)21(33)14-32(30-24(36)37-15-25(3,4)5)23(35)29-17(2)22(34)28-13-18-9-10-19(26)12-20(18)27/h9-10,12,16-17H,6-8,11,13-15H2,1-5H3,(H,28,34)(H,29,35)(H,30,36)/t16-,17-/m0/s1. The van der Waals surface area contributed by atoms with E-state index in [1.54, 1.807) is 4.90 Å². The Labute approximate surface area is 216 Å². The van der Waals surface area contributed by atoms with Gasteiger partial charge in [-0.3, -0.25) is 9.59 Å². The van der Waals surface area contributed by atoms with E-state index in [1.165, 1.54) is 13.0 Å². The molecule has 0 aliphatic carbocycles. The Hall–Kier alpha value is -3.44. The molecule has 2 rings (SSSR count). The number of hydrogen-bond donors (Lipinski definition) is 3. The minimum absolute atomic E-state index is 0.00411. The summed E-state index contributed by atoms with van der Waals surface area (Å²) in [6.45, 7) is 8.83. The van der Waals surface area contributed by atoms with E-state index in [1.807, 2.05) is 27.7 Å². The van der Waals surface area contributed by atoms with E-state index in [4.69, 9.17) is 4.74 Å². The molecule has 1 saturated heterocycles. The Morgan fingerprint density at radius 3 is 2.51 bits per heavy atom. The fraction of sp³-hybridized carbons (Fsp3) is 0.600. The number of halogens is 2. The molecule has 37 heavy (non-hydrogen) atoms. The molecule has 0 spiro atoms. The van der Waals surface area contributed by atoms with Crippen LogP contribution in [-0.4, -0.2) is 65.6 Å². The zero-order valence-electron chi connectivity index (χ0n) is 22.0. The van der Waals surface area contributed by atoms with Gasteiger partial charge in [0.15, 0.2) is 0 Å². The van der Waals surface area contributed by atoms with Crippen molar-refractivity contribution >= 4 is 23.9 Å². The van der Waals surface area contributed by atoms with Crippen LogP contribution in [0.4, 0.5) is 18.4 Å². The number of urea groups is 1. The van der Waals surface area contributed by atoms with Gasteiger partial charge in [0.05, 0.1) is 6.61 Å². The zero-order valence-corrected chi connectivity index (χ0v) is 22.0. The predicted molar refractivity (Wildman–Crippen MR) is 132 cm³/mol. The number of nitrogens with one attached hydrogen (secondary N) is 3. The van der Waals surface area contributed by atoms with Gasteiger partial charge in [-0.15, -0.1) is 0 Å². The number of nitrogens with zero attached hydrogens (tertiary/aromatic N) is 2. The van der Waals surface area contributed by atoms with Gasteiger partial charge >= 0.3 is 12.1 Å². The molecule has 1 aliphatic rings. The number of hydrogen-bond acceptors (Lipinski definition) is 5. The van der Waals surface area contributed by atoms with E-state index in [0.717, 1.165) is 30.3 Å². The minimum atomic E-state index is -1.10. The van der Waals surface area contributed by atoms with Crippen LogP contribution in [0.5, 0.6) is 0 Å². The third-order valence-electron chi connectivity index (χ3n) is 5.73. The maximum atomic E-state index is 13.8. The van der Waals surface area contributed by atoms with Crippen molar-refractivity contribution in [3.05, 3.63) is 35.4 Å². The molecule has 0 unspecified atom stereocenters. The first-order valence-electron chi connectivity index (χ1n) is 12.3. The molecular weight excluding hydrogens is 488 g/mol. The Kier molecular flexibility index (Phi) is 10.6. The van der Waals surface area contributed by atoms with Crippen LogP contribution >= 0.6 is 0 Å². The molecular formula is C25H37F2N5O5. The van der Waals surface area contributed by atoms with E-state index in [9.17, 15) is 28.0 Å². The van der Waals surface area contributed by atoms with Gasteiger partial charge in [0.25, 0.3) is 0 Å². The molecule has 1 aromatic rings. The SMILES string of the molecule is C[C@H](NC(=O)N(CC(=O)N1CCCC[C@@H]1C)NC(=O)OCC(C)(C)C)C(=O)NCc1ccc(F)cc1F. The second kappa shape index (κ2) is 13.2. The lowest BCUT2D eigenvalue weighted by Crippen LogP contribution is -2.58. The quantitative estimate of drug-likeness (QED) is 0.473. The molecule has 206 valence electrons. The summed E-state index contributed by atoms with van der Waals surface area (Å²) in [5.74, 6) is -2.56. The van der Waals surface area contributed by atoms with Gasteiger partial charge in [-0.25, -0.2) is 28.8 Å². The highest BCUT2D eigenvalue weighted by atomic mass is 19.1. The molecule has 1 aromatic carbocycles. The van der Waals surface area contributed by atoms with Crippen LogP contribution in [0.3, 0.4) is 0 Å². The van der Waals surface area contributed by atoms with Gasteiger partial charge in [-0.1, -0.05) is 26.8 Å². The Bertz CT molecular complexity index is 985. The number of ether oxygens (including phenoxy) is 1. The normalized spacial score (nSPS) is 16.4. The number of carbonyl (C=O) groups is 4. The molecule has 1 heterocycles. The van der Waals surface area contributed by atoms with Gasteiger partial charge in [-0.05, 0) is 44.6 Å². The number of piperidine rings is 1. The van der Waals surface area contributed by atoms with Crippen molar-refractivity contribution in [1.82, 2.24) is 26.0 Å². The highest BCUT2D eigenvalue weighted by molar-refractivity contribution is 5.89. The average molecular weight is 526 g/mol. The molecule has 0 bridgehead atoms. The lowest BCUT2D eigenvalue weighted by Gasteiger charge is -2.35. The van der Waals surface area contributed by atoms with E-state index < -0.39 is 42.3 Å². The van der Waals surface area contributed by atoms with Crippen LogP contribution in [0.15, 0.2) is 18.2 Å². The van der Waals surface area contributed by atoms with Crippen molar-refractivity contribution < 1.29 is 32.7 Å². The van der Waals surface area contributed by atoms with E-state index in [2.05, 4.69) is 16.1 Å². The third kappa shape index (κ3) is 9.85. The number of amides is 5. The number of likely N-dealkylation sites (tertiary alicyclic amines) is 1. The molecule has 0 radical (unpaired) electrons. The molecule has 1 fully saturated rings. The Morgan fingerprint density at radius 2 is 1.89 bits per heavy atom. The lowest BCUT2D eigenvalue weighted by molar-refractivity contribution is -0.135. The van der Waals surface area contributed by atoms with E-state index in [0.29, 0.717) is 12.6 Å². The molecule has 12 heteroatoms. The first-order chi connectivity index (χ1) is 17.3. The fourth-order valence-electron chi connectivity index (χ4n) is 3.61. The van der Waals surface area contributed by atoms with Crippen molar-refractivity contribution in [3.8, 4) is 0 Å². The summed E-state index contributed by atoms with van der Waals surface area (Å²) in [5.41, 5.74) is 2.03. The summed E-state index contributed by atoms with van der Waals surface area (Å²) >= 11 is 0. The van der Waals surface area contributed by atoms with Crippen LogP contribution in [-0.2, 0) is 20.9 Å². The molecule has 1 aliphatic heterocycles. The van der Waals surface area contributed by atoms with Crippen LogP contribution in [0.25, 0.3) is 0 Å². The molecule has 0 aromatic heterocycles. The predicted octanol–water partition coefficient (Wildman–Crippen LogP) is 3.07. The smallest absolute Gasteiger partial charge is 0.426 e. The Balaban J connectivity index is 2.03. The largest absolute Gasteiger partial charge is 0.448 e. The van der Waals surface area contributed by atoms with Crippen LogP contribution in [0, 0.1) is 17.0 Å². The molecule has 10 nitrogen and oxygen atoms in total. The molecule has 0 saturated carbocycles. The van der Waals surface area contributed by atoms with Crippen LogP contribution < -0.4 is 16.1 Å². The molecule has 2 atom stereocenters. The summed E-state index contributed by atoms with van der Waals surface area (Å²) < 4.78 is 32.1. The van der Waals surface area contributed by atoms with Crippen molar-refractivity contribution in [2.75, 3.05) is 19.7 Å². The van der Waals surface area contributed by atoms with Gasteiger partial charge in [0.2, 0.25) is 11.8 Å². The van der Waals surface area contributed by atoms with Gasteiger partial charge in [0.1, 0.15) is 24.2 Å². The highest BCUT2D eigenvalue weighted by Crippen LogP contribution is 2.17. The number of carbonyl (C=O) groups excluding carboxylic acids is 4. The maximum absolute atomic E-state index is 13.8. The average Bonchev–Trinajstić information content (AvgIpc) is 2.81. The van der Waals surface area contributed by atoms with Crippen molar-refractivity contribution in [2.45, 2.75) is 72.5 Å². The first-order valence-corrected chi connectivity index (χ1v) is 12.3.